The number of aromatic hydroxyl groups is 4. The molecule has 0 saturated heterocycles. The number of rotatable bonds is 38. The molecule has 4 aromatic rings. The molecule has 31 nitrogen and oxygen atoms in total. The van der Waals surface area contributed by atoms with E-state index in [1.54, 1.807) is 103 Å². The Bertz CT molecular complexity index is 3270. The Morgan fingerprint density at radius 2 is 0.794 bits per heavy atom. The Balaban J connectivity index is 0.000000235. The second-order valence-electron chi connectivity index (χ2n) is 22.8. The van der Waals surface area contributed by atoms with Crippen molar-refractivity contribution in [3.05, 3.63) is 95.1 Å². The maximum atomic E-state index is 11.3. The third-order valence-corrected chi connectivity index (χ3v) is 14.1. The highest BCUT2D eigenvalue weighted by molar-refractivity contribution is 6.07. The molecule has 4 heterocycles. The van der Waals surface area contributed by atoms with E-state index in [-0.39, 0.29) is 54.1 Å². The monoisotopic (exact) mass is 1370 g/mol. The fourth-order valence-corrected chi connectivity index (χ4v) is 8.43. The van der Waals surface area contributed by atoms with Crippen LogP contribution >= 0.6 is 0 Å². The van der Waals surface area contributed by atoms with Gasteiger partial charge in [0.15, 0.2) is 28.1 Å². The molecule has 4 aromatic carbocycles. The summed E-state index contributed by atoms with van der Waals surface area (Å²) in [6.45, 7) is 17.3. The maximum absolute atomic E-state index is 11.3. The number of hydrogen-bond acceptors (Lipinski definition) is 28. The second kappa shape index (κ2) is 40.1. The first kappa shape index (κ1) is 78.9. The molecule has 0 aromatic heterocycles. The number of aliphatic carboxylic acids is 3. The molecule has 0 radical (unpaired) electrons. The summed E-state index contributed by atoms with van der Waals surface area (Å²) in [5, 5.41) is 73.9. The molecule has 3 unspecified atom stereocenters. The van der Waals surface area contributed by atoms with Crippen molar-refractivity contribution in [1.29, 1.82) is 0 Å². The predicted octanol–water partition coefficient (Wildman–Crippen LogP) is 4.31. The zero-order chi connectivity index (χ0) is 70.9. The van der Waals surface area contributed by atoms with E-state index in [9.17, 15) is 39.9 Å². The van der Waals surface area contributed by atoms with Crippen LogP contribution in [0.1, 0.15) is 56.9 Å². The summed E-state index contributed by atoms with van der Waals surface area (Å²) in [6.07, 6.45) is 0. The van der Waals surface area contributed by atoms with Crippen molar-refractivity contribution < 1.29 is 121 Å². The van der Waals surface area contributed by atoms with Gasteiger partial charge in [-0.3, -0.25) is 9.98 Å². The first-order valence-electron chi connectivity index (χ1n) is 30.9. The molecule has 97 heavy (non-hydrogen) atoms. The summed E-state index contributed by atoms with van der Waals surface area (Å²) >= 11 is 0. The van der Waals surface area contributed by atoms with Gasteiger partial charge in [-0.15, -0.1) is 0 Å². The van der Waals surface area contributed by atoms with Gasteiger partial charge in [-0.2, -0.15) is 0 Å². The van der Waals surface area contributed by atoms with E-state index in [4.69, 9.17) is 81.3 Å². The van der Waals surface area contributed by atoms with E-state index >= 15 is 0 Å². The lowest BCUT2D eigenvalue weighted by atomic mass is 10.0. The molecule has 0 spiro atoms. The van der Waals surface area contributed by atoms with Crippen LogP contribution in [0.2, 0.25) is 0 Å². The zero-order valence-electron chi connectivity index (χ0n) is 56.3. The minimum atomic E-state index is -1.35. The van der Waals surface area contributed by atoms with Crippen molar-refractivity contribution in [2.45, 2.75) is 56.8 Å². The third kappa shape index (κ3) is 25.6. The molecule has 8 rings (SSSR count). The summed E-state index contributed by atoms with van der Waals surface area (Å²) in [5.74, 6) is -0.121. The highest BCUT2D eigenvalue weighted by Gasteiger charge is 2.42. The number of carboxylic acids is 3. The number of phenolic OH excluding ortho intramolecular Hbond substituents is 4. The van der Waals surface area contributed by atoms with E-state index in [0.717, 1.165) is 0 Å². The van der Waals surface area contributed by atoms with Crippen molar-refractivity contribution in [1.82, 2.24) is 10.6 Å². The first-order chi connectivity index (χ1) is 46.4. The van der Waals surface area contributed by atoms with Crippen LogP contribution in [0.25, 0.3) is 0 Å². The fourth-order valence-electron chi connectivity index (χ4n) is 8.43. The highest BCUT2D eigenvalue weighted by Crippen LogP contribution is 2.34. The number of nitrogens with one attached hydrogen (secondary N) is 2. The molecule has 0 bridgehead atoms. The SMILES string of the molecule is COCCOCCOCCOc1ccc(C2=NC(C)(C(=O)O)CO2)c(O)c1.COCCOCCOCCOc1ccc(C2=NCC(C)(C(=O)O)N2)c(O)c1.COCCOCCOc1ccc(C2=NC(C)(C)CO2)c(O)c1.COCCOc1cccc(C2=NCC(C)(C(=O)O)N2)c1O. The minimum absolute atomic E-state index is 0.0409. The van der Waals surface area contributed by atoms with Gasteiger partial charge in [0.25, 0.3) is 0 Å². The van der Waals surface area contributed by atoms with Gasteiger partial charge < -0.3 is 117 Å². The summed E-state index contributed by atoms with van der Waals surface area (Å²) in [4.78, 5) is 50.5. The number of benzene rings is 4. The molecule has 0 amide bonds. The number of carbonyl (C=O) groups is 3. The van der Waals surface area contributed by atoms with E-state index in [0.29, 0.717) is 188 Å². The number of amidine groups is 2. The van der Waals surface area contributed by atoms with Gasteiger partial charge in [-0.1, -0.05) is 6.07 Å². The van der Waals surface area contributed by atoms with E-state index in [1.165, 1.54) is 19.1 Å². The van der Waals surface area contributed by atoms with E-state index < -0.39 is 34.5 Å². The number of para-hydroxylation sites is 1. The van der Waals surface area contributed by atoms with Gasteiger partial charge in [0.1, 0.15) is 85.8 Å². The quantitative estimate of drug-likeness (QED) is 0.0282. The molecule has 0 saturated carbocycles. The maximum Gasteiger partial charge on any atom is 0.335 e. The van der Waals surface area contributed by atoms with Crippen molar-refractivity contribution in [2.24, 2.45) is 20.0 Å². The fraction of sp³-hybridized carbons (Fsp3) is 0.530. The molecule has 4 aliphatic heterocycles. The Morgan fingerprint density at radius 1 is 0.433 bits per heavy atom. The normalized spacial score (nSPS) is 18.6. The smallest absolute Gasteiger partial charge is 0.335 e. The average Bonchev–Trinajstić information content (AvgIpc) is 1.72. The summed E-state index contributed by atoms with van der Waals surface area (Å²) in [5.41, 5.74) is -2.19. The Labute approximate surface area is 562 Å². The molecular weight excluding hydrogens is 1280 g/mol. The summed E-state index contributed by atoms with van der Waals surface area (Å²) < 4.78 is 78.9. The van der Waals surface area contributed by atoms with Crippen LogP contribution in [-0.2, 0) is 66.5 Å². The Kier molecular flexibility index (Phi) is 32.6. The van der Waals surface area contributed by atoms with Crippen LogP contribution in [0.5, 0.6) is 46.0 Å². The molecular formula is C66H92N6O25. The molecule has 536 valence electrons. The van der Waals surface area contributed by atoms with Crippen LogP contribution < -0.4 is 29.6 Å². The standard InChI is InChI=1S/C18H26N2O7.C18H25NO8.C16H23NO5.C14H18N2O5/c1-18(17(22)23)12-19-16(20-18)14-4-3-13(11-15(14)21)27-10-9-26-8-7-25-6-5-24-2;1-18(17(21)22)12-27-16(19-18)14-4-3-13(11-15(14)20)26-10-9-25-8-7-24-6-5-23-2;1-16(2)11-22-15(17-16)13-5-4-12(10-14(13)18)21-9-8-20-7-6-19-3;1-14(13(18)19)8-15-12(16-14)9-4-3-5-10(11(9)17)21-7-6-20-2/h3-4,11,21H,5-10,12H2,1-2H3,(H,19,20)(H,22,23);3-4,11,20H,5-10,12H2,1-2H3,(H,21,22);4-5,10,18H,6-9,11H2,1-3H3;3-5,17H,6-8H2,1-2H3,(H,15,16)(H,18,19). The van der Waals surface area contributed by atoms with Crippen molar-refractivity contribution >= 4 is 41.4 Å². The largest absolute Gasteiger partial charge is 0.507 e. The van der Waals surface area contributed by atoms with Crippen LogP contribution in [0.15, 0.2) is 92.8 Å². The van der Waals surface area contributed by atoms with Gasteiger partial charge in [0.05, 0.1) is 133 Å². The Hall–Kier alpha value is -8.79. The topological polar surface area (TPSA) is 405 Å². The highest BCUT2D eigenvalue weighted by atomic mass is 16.6. The average molecular weight is 1370 g/mol. The number of aliphatic imine (C=N–C) groups is 4. The van der Waals surface area contributed by atoms with Crippen molar-refractivity contribution in [3.8, 4) is 46.0 Å². The van der Waals surface area contributed by atoms with Crippen LogP contribution in [-0.4, -0.2) is 273 Å². The number of ether oxygens (including phenoxy) is 15. The van der Waals surface area contributed by atoms with Gasteiger partial charge >= 0.3 is 17.9 Å². The lowest BCUT2D eigenvalue weighted by Crippen LogP contribution is -2.50. The van der Waals surface area contributed by atoms with Crippen LogP contribution in [0, 0.1) is 0 Å². The van der Waals surface area contributed by atoms with Crippen molar-refractivity contribution in [3.63, 3.8) is 0 Å². The lowest BCUT2D eigenvalue weighted by Gasteiger charge is -2.19. The van der Waals surface area contributed by atoms with Gasteiger partial charge in [0.2, 0.25) is 11.8 Å². The lowest BCUT2D eigenvalue weighted by molar-refractivity contribution is -0.143. The second-order valence-corrected chi connectivity index (χ2v) is 22.8. The number of hydrogen-bond donors (Lipinski definition) is 9. The number of phenols is 4. The first-order valence-corrected chi connectivity index (χ1v) is 30.9. The molecule has 0 aliphatic carbocycles. The van der Waals surface area contributed by atoms with E-state index in [2.05, 4.69) is 30.6 Å². The minimum Gasteiger partial charge on any atom is -0.507 e. The third-order valence-electron chi connectivity index (χ3n) is 14.1. The molecule has 9 N–H and O–H groups in total. The van der Waals surface area contributed by atoms with Crippen LogP contribution in [0.4, 0.5) is 0 Å². The summed E-state index contributed by atoms with van der Waals surface area (Å²) in [7, 11) is 6.42. The zero-order valence-corrected chi connectivity index (χ0v) is 56.3. The number of methoxy groups -OCH3 is 4. The van der Waals surface area contributed by atoms with Gasteiger partial charge in [0, 0.05) is 46.6 Å². The number of carboxylic acid groups (broad SMARTS) is 3. The summed E-state index contributed by atoms with van der Waals surface area (Å²) in [6, 6.07) is 19.5. The van der Waals surface area contributed by atoms with Gasteiger partial charge in [-0.25, -0.2) is 24.4 Å². The molecule has 0 fully saturated rings. The molecule has 4 aliphatic rings. The molecule has 31 heteroatoms. The van der Waals surface area contributed by atoms with Gasteiger partial charge in [-0.05, 0) is 83.1 Å². The van der Waals surface area contributed by atoms with Crippen LogP contribution in [0.3, 0.4) is 0 Å². The number of nitrogens with zero attached hydrogens (tertiary/aromatic N) is 4. The van der Waals surface area contributed by atoms with Crippen molar-refractivity contribution in [2.75, 3.05) is 174 Å². The predicted molar refractivity (Wildman–Crippen MR) is 352 cm³/mol. The molecule has 3 atom stereocenters. The van der Waals surface area contributed by atoms with E-state index in [1.807, 2.05) is 13.8 Å². The Morgan fingerprint density at radius 3 is 1.15 bits per heavy atom.